The zero-order valence-corrected chi connectivity index (χ0v) is 14.0. The first kappa shape index (κ1) is 16.3. The van der Waals surface area contributed by atoms with E-state index in [2.05, 4.69) is 10.6 Å². The molecule has 124 valence electrons. The van der Waals surface area contributed by atoms with Gasteiger partial charge in [0, 0.05) is 29.4 Å². The molecule has 2 aromatic carbocycles. The third kappa shape index (κ3) is 3.51. The minimum Gasteiger partial charge on any atom is -0.333 e. The van der Waals surface area contributed by atoms with Gasteiger partial charge in [0.1, 0.15) is 0 Å². The van der Waals surface area contributed by atoms with Gasteiger partial charge in [0.2, 0.25) is 5.91 Å². The fourth-order valence-electron chi connectivity index (χ4n) is 2.75. The van der Waals surface area contributed by atoms with E-state index >= 15 is 0 Å². The van der Waals surface area contributed by atoms with Crippen LogP contribution >= 0.6 is 11.6 Å². The molecule has 1 aliphatic rings. The Bertz CT molecular complexity index is 764. The van der Waals surface area contributed by atoms with Gasteiger partial charge in [-0.3, -0.25) is 4.79 Å². The molecule has 0 radical (unpaired) electrons. The number of hydrogen-bond acceptors (Lipinski definition) is 2. The second-order valence-corrected chi connectivity index (χ2v) is 6.16. The molecule has 2 aromatic rings. The van der Waals surface area contributed by atoms with E-state index in [0.29, 0.717) is 17.3 Å². The summed E-state index contributed by atoms with van der Waals surface area (Å²) in [5.41, 5.74) is 2.31. The Kier molecular flexibility index (Phi) is 4.71. The number of carbonyl (C=O) groups excluding carboxylic acids is 2. The molecular formula is C18H18ClN3O2. The van der Waals surface area contributed by atoms with Crippen LogP contribution in [0.5, 0.6) is 0 Å². The lowest BCUT2D eigenvalue weighted by molar-refractivity contribution is -0.117. The van der Waals surface area contributed by atoms with Crippen LogP contribution in [0.15, 0.2) is 48.5 Å². The highest BCUT2D eigenvalue weighted by molar-refractivity contribution is 6.31. The molecule has 2 N–H and O–H groups in total. The number of amides is 3. The summed E-state index contributed by atoms with van der Waals surface area (Å²) in [5, 5.41) is 6.23. The van der Waals surface area contributed by atoms with Gasteiger partial charge in [0.25, 0.3) is 0 Å². The number of halogens is 1. The molecule has 1 heterocycles. The molecular weight excluding hydrogens is 326 g/mol. The summed E-state index contributed by atoms with van der Waals surface area (Å²) in [7, 11) is 0. The maximum atomic E-state index is 12.2. The van der Waals surface area contributed by atoms with E-state index in [1.807, 2.05) is 37.3 Å². The SMILES string of the molecule is Cc1c(Cl)cccc1NC(=O)NC1CC(=O)N(c2ccccc2)C1. The fourth-order valence-corrected chi connectivity index (χ4v) is 2.92. The van der Waals surface area contributed by atoms with Crippen molar-refractivity contribution in [3.05, 3.63) is 59.1 Å². The molecule has 1 unspecified atom stereocenters. The van der Waals surface area contributed by atoms with Gasteiger partial charge in [-0.2, -0.15) is 0 Å². The Hall–Kier alpha value is -2.53. The van der Waals surface area contributed by atoms with Gasteiger partial charge >= 0.3 is 6.03 Å². The Morgan fingerprint density at radius 1 is 1.17 bits per heavy atom. The molecule has 1 fully saturated rings. The molecule has 1 aliphatic heterocycles. The summed E-state index contributed by atoms with van der Waals surface area (Å²) in [5.74, 6) is 0.00503. The number of anilines is 2. The van der Waals surface area contributed by atoms with Crippen LogP contribution in [0.2, 0.25) is 5.02 Å². The van der Waals surface area contributed by atoms with Crippen molar-refractivity contribution in [3.8, 4) is 0 Å². The summed E-state index contributed by atoms with van der Waals surface area (Å²) in [4.78, 5) is 26.0. The second kappa shape index (κ2) is 6.93. The number of hydrogen-bond donors (Lipinski definition) is 2. The predicted octanol–water partition coefficient (Wildman–Crippen LogP) is 3.58. The van der Waals surface area contributed by atoms with Gasteiger partial charge in [-0.15, -0.1) is 0 Å². The zero-order chi connectivity index (χ0) is 17.1. The largest absolute Gasteiger partial charge is 0.333 e. The van der Waals surface area contributed by atoms with Crippen LogP contribution in [0.25, 0.3) is 0 Å². The minimum absolute atomic E-state index is 0.00503. The van der Waals surface area contributed by atoms with Crippen LogP contribution in [0.1, 0.15) is 12.0 Å². The maximum absolute atomic E-state index is 12.2. The normalized spacial score (nSPS) is 17.0. The van der Waals surface area contributed by atoms with Crippen LogP contribution in [0.4, 0.5) is 16.2 Å². The van der Waals surface area contributed by atoms with E-state index in [9.17, 15) is 9.59 Å². The van der Waals surface area contributed by atoms with Crippen molar-refractivity contribution in [1.29, 1.82) is 0 Å². The van der Waals surface area contributed by atoms with Crippen LogP contribution < -0.4 is 15.5 Å². The van der Waals surface area contributed by atoms with Crippen molar-refractivity contribution in [3.63, 3.8) is 0 Å². The van der Waals surface area contributed by atoms with E-state index < -0.39 is 0 Å². The Labute approximate surface area is 145 Å². The average Bonchev–Trinajstić information content (AvgIpc) is 2.93. The highest BCUT2D eigenvalue weighted by Gasteiger charge is 2.31. The summed E-state index contributed by atoms with van der Waals surface area (Å²) in [6.07, 6.45) is 0.289. The van der Waals surface area contributed by atoms with E-state index in [1.54, 1.807) is 23.1 Å². The Balaban J connectivity index is 1.62. The number of rotatable bonds is 3. The Morgan fingerprint density at radius 2 is 1.92 bits per heavy atom. The van der Waals surface area contributed by atoms with Crippen molar-refractivity contribution in [2.45, 2.75) is 19.4 Å². The first-order chi connectivity index (χ1) is 11.5. The van der Waals surface area contributed by atoms with E-state index in [1.165, 1.54) is 0 Å². The summed E-state index contributed by atoms with van der Waals surface area (Å²) in [6.45, 7) is 2.30. The highest BCUT2D eigenvalue weighted by atomic mass is 35.5. The third-order valence-electron chi connectivity index (χ3n) is 4.04. The smallest absolute Gasteiger partial charge is 0.319 e. The predicted molar refractivity (Wildman–Crippen MR) is 95.5 cm³/mol. The van der Waals surface area contributed by atoms with E-state index in [-0.39, 0.29) is 24.4 Å². The quantitative estimate of drug-likeness (QED) is 0.894. The van der Waals surface area contributed by atoms with Crippen LogP contribution in [-0.2, 0) is 4.79 Å². The van der Waals surface area contributed by atoms with E-state index in [0.717, 1.165) is 11.3 Å². The van der Waals surface area contributed by atoms with Gasteiger partial charge in [0.15, 0.2) is 0 Å². The number of nitrogens with one attached hydrogen (secondary N) is 2. The lowest BCUT2D eigenvalue weighted by atomic mass is 10.2. The van der Waals surface area contributed by atoms with Gasteiger partial charge in [0.05, 0.1) is 6.04 Å². The van der Waals surface area contributed by atoms with Crippen LogP contribution in [0.3, 0.4) is 0 Å². The summed E-state index contributed by atoms with van der Waals surface area (Å²) >= 11 is 6.05. The minimum atomic E-state index is -0.340. The molecule has 5 nitrogen and oxygen atoms in total. The van der Waals surface area contributed by atoms with Gasteiger partial charge in [-0.1, -0.05) is 35.9 Å². The molecule has 0 aromatic heterocycles. The number of carbonyl (C=O) groups is 2. The molecule has 1 saturated heterocycles. The molecule has 1 atom stereocenters. The second-order valence-electron chi connectivity index (χ2n) is 5.75. The van der Waals surface area contributed by atoms with Gasteiger partial charge in [-0.25, -0.2) is 4.79 Å². The monoisotopic (exact) mass is 343 g/mol. The lowest BCUT2D eigenvalue weighted by Gasteiger charge is -2.17. The first-order valence-electron chi connectivity index (χ1n) is 7.72. The third-order valence-corrected chi connectivity index (χ3v) is 4.45. The number of nitrogens with zero attached hydrogens (tertiary/aromatic N) is 1. The summed E-state index contributed by atoms with van der Waals surface area (Å²) < 4.78 is 0. The first-order valence-corrected chi connectivity index (χ1v) is 8.10. The molecule has 6 heteroatoms. The number of benzene rings is 2. The highest BCUT2D eigenvalue weighted by Crippen LogP contribution is 2.23. The van der Waals surface area contributed by atoms with Crippen molar-refractivity contribution in [1.82, 2.24) is 5.32 Å². The van der Waals surface area contributed by atoms with Crippen molar-refractivity contribution in [2.75, 3.05) is 16.8 Å². The van der Waals surface area contributed by atoms with Gasteiger partial charge < -0.3 is 15.5 Å². The van der Waals surface area contributed by atoms with Crippen molar-refractivity contribution >= 4 is 34.9 Å². The molecule has 0 bridgehead atoms. The standard InChI is InChI=1S/C18H18ClN3O2/c1-12-15(19)8-5-9-16(12)21-18(24)20-13-10-17(23)22(11-13)14-6-3-2-4-7-14/h2-9,13H,10-11H2,1H3,(H2,20,21,24). The molecule has 3 amide bonds. The van der Waals surface area contributed by atoms with Crippen molar-refractivity contribution < 1.29 is 9.59 Å². The number of para-hydroxylation sites is 1. The van der Waals surface area contributed by atoms with Crippen molar-refractivity contribution in [2.24, 2.45) is 0 Å². The summed E-state index contributed by atoms with van der Waals surface area (Å²) in [6, 6.07) is 14.2. The number of urea groups is 1. The van der Waals surface area contributed by atoms with Crippen LogP contribution in [0, 0.1) is 6.92 Å². The van der Waals surface area contributed by atoms with E-state index in [4.69, 9.17) is 11.6 Å². The average molecular weight is 344 g/mol. The zero-order valence-electron chi connectivity index (χ0n) is 13.3. The fraction of sp³-hybridized carbons (Fsp3) is 0.222. The molecule has 0 aliphatic carbocycles. The Morgan fingerprint density at radius 3 is 2.67 bits per heavy atom. The topological polar surface area (TPSA) is 61.4 Å². The molecule has 24 heavy (non-hydrogen) atoms. The van der Waals surface area contributed by atoms with Crippen LogP contribution in [-0.4, -0.2) is 24.5 Å². The van der Waals surface area contributed by atoms with Gasteiger partial charge in [-0.05, 0) is 36.8 Å². The lowest BCUT2D eigenvalue weighted by Crippen LogP contribution is -2.39. The maximum Gasteiger partial charge on any atom is 0.319 e. The molecule has 0 saturated carbocycles. The molecule has 0 spiro atoms. The molecule has 3 rings (SSSR count).